The molecule has 0 aromatic heterocycles. The molecule has 1 aromatic carbocycles. The van der Waals surface area contributed by atoms with Crippen LogP contribution in [0.15, 0.2) is 18.2 Å². The number of hydrogen-bond donors (Lipinski definition) is 1. The number of carboxylic acids is 1. The standard InChI is InChI=1S/C7H7NO3.Na/c8-4-1-2-5(7(10)11)6(9)3-4;/h1-3,9H,8H2,(H,10,11);/q;+1/p-2. The fraction of sp³-hybridized carbons (Fsp3) is 0. The number of aromatic carboxylic acids is 1. The van der Waals surface area contributed by atoms with Gasteiger partial charge in [-0.05, 0) is 17.7 Å². The van der Waals surface area contributed by atoms with Gasteiger partial charge in [-0.2, -0.15) is 0 Å². The Bertz CT molecular complexity index is 301. The van der Waals surface area contributed by atoms with E-state index in [1.807, 2.05) is 0 Å². The topological polar surface area (TPSA) is 89.2 Å². The van der Waals surface area contributed by atoms with Crippen molar-refractivity contribution >= 4 is 11.7 Å². The van der Waals surface area contributed by atoms with E-state index >= 15 is 0 Å². The summed E-state index contributed by atoms with van der Waals surface area (Å²) in [5.74, 6) is -2.10. The summed E-state index contributed by atoms with van der Waals surface area (Å²) in [4.78, 5) is 10.2. The number of anilines is 1. The van der Waals surface area contributed by atoms with Crippen molar-refractivity contribution in [3.8, 4) is 5.75 Å². The summed E-state index contributed by atoms with van der Waals surface area (Å²) in [5, 5.41) is 21.0. The van der Waals surface area contributed by atoms with Crippen molar-refractivity contribution in [1.82, 2.24) is 0 Å². The van der Waals surface area contributed by atoms with E-state index in [4.69, 9.17) is 5.73 Å². The van der Waals surface area contributed by atoms with Gasteiger partial charge in [-0.3, -0.25) is 0 Å². The van der Waals surface area contributed by atoms with Crippen molar-refractivity contribution in [2.75, 3.05) is 5.73 Å². The Kier molecular flexibility index (Phi) is 4.09. The van der Waals surface area contributed by atoms with E-state index in [2.05, 4.69) is 0 Å². The van der Waals surface area contributed by atoms with Gasteiger partial charge in [-0.1, -0.05) is 11.8 Å². The molecule has 12 heavy (non-hydrogen) atoms. The summed E-state index contributed by atoms with van der Waals surface area (Å²) in [6.07, 6.45) is 0. The third-order valence-corrected chi connectivity index (χ3v) is 1.23. The van der Waals surface area contributed by atoms with Crippen molar-refractivity contribution < 1.29 is 44.6 Å². The first kappa shape index (κ1) is 11.3. The summed E-state index contributed by atoms with van der Waals surface area (Å²) >= 11 is 0. The molecule has 5 heteroatoms. The molecule has 0 atom stereocenters. The first-order valence-corrected chi connectivity index (χ1v) is 2.89. The van der Waals surface area contributed by atoms with Crippen LogP contribution in [0.25, 0.3) is 0 Å². The van der Waals surface area contributed by atoms with Gasteiger partial charge in [0.1, 0.15) is 0 Å². The van der Waals surface area contributed by atoms with Crippen molar-refractivity contribution in [3.63, 3.8) is 0 Å². The molecule has 4 nitrogen and oxygen atoms in total. The summed E-state index contributed by atoms with van der Waals surface area (Å²) in [6, 6.07) is 3.52. The Morgan fingerprint density at radius 3 is 2.42 bits per heavy atom. The number of benzene rings is 1. The maximum atomic E-state index is 10.8. The Morgan fingerprint density at radius 1 is 1.42 bits per heavy atom. The van der Waals surface area contributed by atoms with E-state index in [0.29, 0.717) is 0 Å². The van der Waals surface area contributed by atoms with Gasteiger partial charge in [0.25, 0.3) is 0 Å². The quantitative estimate of drug-likeness (QED) is 0.344. The van der Waals surface area contributed by atoms with Crippen LogP contribution < -0.4 is 45.5 Å². The van der Waals surface area contributed by atoms with Crippen LogP contribution in [0.2, 0.25) is 0 Å². The van der Waals surface area contributed by atoms with Gasteiger partial charge < -0.3 is 20.7 Å². The fourth-order valence-electron chi connectivity index (χ4n) is 0.708. The van der Waals surface area contributed by atoms with Gasteiger partial charge >= 0.3 is 29.6 Å². The summed E-state index contributed by atoms with van der Waals surface area (Å²) in [7, 11) is 0. The number of carbonyl (C=O) groups excluding carboxylic acids is 1. The molecule has 0 aliphatic rings. The molecule has 1 aromatic rings. The average molecular weight is 174 g/mol. The number of nitrogen functional groups attached to an aromatic ring is 1. The number of carbonyl (C=O) groups is 1. The Balaban J connectivity index is 0.00000121. The van der Waals surface area contributed by atoms with Crippen molar-refractivity contribution in [3.05, 3.63) is 23.8 Å². The number of carboxylic acid groups (broad SMARTS) is 1. The molecule has 0 saturated carbocycles. The molecule has 0 fully saturated rings. The smallest absolute Gasteiger partial charge is 0.872 e. The first-order chi connectivity index (χ1) is 5.11. The molecule has 0 heterocycles. The van der Waals surface area contributed by atoms with E-state index in [1.54, 1.807) is 0 Å². The van der Waals surface area contributed by atoms with Gasteiger partial charge in [-0.25, -0.2) is 0 Å². The van der Waals surface area contributed by atoms with Crippen LogP contribution in [0.4, 0.5) is 5.69 Å². The van der Waals surface area contributed by atoms with Gasteiger partial charge in [0.15, 0.2) is 0 Å². The van der Waals surface area contributed by atoms with Crippen LogP contribution in [0.1, 0.15) is 10.4 Å². The third kappa shape index (κ3) is 2.41. The molecule has 1 rings (SSSR count). The second-order valence-corrected chi connectivity index (χ2v) is 2.04. The largest absolute Gasteiger partial charge is 1.00 e. The van der Waals surface area contributed by atoms with Crippen LogP contribution in [0.3, 0.4) is 0 Å². The van der Waals surface area contributed by atoms with Crippen LogP contribution in [-0.4, -0.2) is 5.97 Å². The summed E-state index contributed by atoms with van der Waals surface area (Å²) in [5.41, 5.74) is 5.10. The molecule has 0 amide bonds. The van der Waals surface area contributed by atoms with E-state index < -0.39 is 11.7 Å². The molecule has 0 saturated heterocycles. The second kappa shape index (κ2) is 4.35. The maximum absolute atomic E-state index is 10.8. The molecule has 0 aliphatic heterocycles. The SMILES string of the molecule is Nc1ccc(C(=O)[O-])c([O-])c1.[Na+]. The van der Waals surface area contributed by atoms with E-state index in [0.717, 1.165) is 12.1 Å². The summed E-state index contributed by atoms with van der Waals surface area (Å²) < 4.78 is 0. The molecular weight excluding hydrogens is 169 g/mol. The third-order valence-electron chi connectivity index (χ3n) is 1.23. The van der Waals surface area contributed by atoms with E-state index in [-0.39, 0.29) is 40.8 Å². The fourth-order valence-corrected chi connectivity index (χ4v) is 0.708. The summed E-state index contributed by atoms with van der Waals surface area (Å²) in [6.45, 7) is 0. The molecule has 0 aliphatic carbocycles. The van der Waals surface area contributed by atoms with Crippen molar-refractivity contribution in [2.45, 2.75) is 0 Å². The number of rotatable bonds is 1. The molecule has 0 unspecified atom stereocenters. The Labute approximate surface area is 91.3 Å². The monoisotopic (exact) mass is 174 g/mol. The van der Waals surface area contributed by atoms with Crippen molar-refractivity contribution in [1.29, 1.82) is 0 Å². The molecule has 0 radical (unpaired) electrons. The molecular formula is C7H5NNaO3-. The van der Waals surface area contributed by atoms with Crippen LogP contribution in [0.5, 0.6) is 5.75 Å². The first-order valence-electron chi connectivity index (χ1n) is 2.89. The van der Waals surface area contributed by atoms with Gasteiger partial charge in [0.2, 0.25) is 0 Å². The normalized spacial score (nSPS) is 8.67. The number of hydrogen-bond acceptors (Lipinski definition) is 4. The molecule has 2 N–H and O–H groups in total. The van der Waals surface area contributed by atoms with E-state index in [9.17, 15) is 15.0 Å². The molecule has 0 spiro atoms. The Morgan fingerprint density at radius 2 is 2.00 bits per heavy atom. The predicted octanol–water partition coefficient (Wildman–Crippen LogP) is -4.29. The number of nitrogens with two attached hydrogens (primary N) is 1. The predicted molar refractivity (Wildman–Crippen MR) is 34.6 cm³/mol. The van der Waals surface area contributed by atoms with Crippen LogP contribution in [0, 0.1) is 0 Å². The van der Waals surface area contributed by atoms with Crippen molar-refractivity contribution in [2.24, 2.45) is 0 Å². The molecule has 0 bridgehead atoms. The second-order valence-electron chi connectivity index (χ2n) is 2.04. The van der Waals surface area contributed by atoms with E-state index in [1.165, 1.54) is 6.07 Å². The van der Waals surface area contributed by atoms with Crippen LogP contribution >= 0.6 is 0 Å². The minimum atomic E-state index is -1.48. The zero-order valence-corrected chi connectivity index (χ0v) is 8.53. The zero-order valence-electron chi connectivity index (χ0n) is 6.53. The van der Waals surface area contributed by atoms with Gasteiger partial charge in [0, 0.05) is 5.69 Å². The Hall–Kier alpha value is -0.710. The minimum Gasteiger partial charge on any atom is -0.872 e. The van der Waals surface area contributed by atoms with Gasteiger partial charge in [0.05, 0.1) is 5.97 Å². The zero-order chi connectivity index (χ0) is 8.43. The maximum Gasteiger partial charge on any atom is 1.00 e. The van der Waals surface area contributed by atoms with Crippen LogP contribution in [-0.2, 0) is 0 Å². The molecule has 58 valence electrons. The van der Waals surface area contributed by atoms with Gasteiger partial charge in [-0.15, -0.1) is 0 Å². The minimum absolute atomic E-state index is 0. The average Bonchev–Trinajstić information content (AvgIpc) is 1.85.